The molecule has 9 heteroatoms. The van der Waals surface area contributed by atoms with Gasteiger partial charge in [0.25, 0.3) is 5.91 Å². The first-order valence-corrected chi connectivity index (χ1v) is 8.68. The van der Waals surface area contributed by atoms with E-state index in [1.54, 1.807) is 6.07 Å². The first-order valence-electron chi connectivity index (χ1n) is 8.30. The fourth-order valence-corrected chi connectivity index (χ4v) is 3.16. The van der Waals surface area contributed by atoms with Gasteiger partial charge in [0.15, 0.2) is 0 Å². The lowest BCUT2D eigenvalue weighted by Crippen LogP contribution is -2.43. The summed E-state index contributed by atoms with van der Waals surface area (Å²) in [5.74, 6) is 0.411. The molecule has 1 fully saturated rings. The quantitative estimate of drug-likeness (QED) is 0.727. The van der Waals surface area contributed by atoms with Gasteiger partial charge in [0.1, 0.15) is 12.0 Å². The Hall–Kier alpha value is -1.28. The fraction of sp³-hybridized carbons (Fsp3) is 0.389. The molecule has 0 spiro atoms. The van der Waals surface area contributed by atoms with Gasteiger partial charge in [0.2, 0.25) is 0 Å². The van der Waals surface area contributed by atoms with Crippen LogP contribution >= 0.6 is 36.4 Å². The van der Waals surface area contributed by atoms with Gasteiger partial charge in [0, 0.05) is 24.7 Å². The Morgan fingerprint density at radius 1 is 1.26 bits per heavy atom. The summed E-state index contributed by atoms with van der Waals surface area (Å²) < 4.78 is 10.7. The van der Waals surface area contributed by atoms with Crippen molar-refractivity contribution in [1.29, 1.82) is 0 Å². The van der Waals surface area contributed by atoms with Crippen LogP contribution in [0.1, 0.15) is 27.7 Å². The van der Waals surface area contributed by atoms with Crippen LogP contribution in [0.25, 0.3) is 0 Å². The summed E-state index contributed by atoms with van der Waals surface area (Å²) in [7, 11) is 0. The van der Waals surface area contributed by atoms with Crippen LogP contribution in [0.4, 0.5) is 0 Å². The average molecular weight is 437 g/mol. The summed E-state index contributed by atoms with van der Waals surface area (Å²) in [6, 6.07) is 9.45. The van der Waals surface area contributed by atoms with E-state index in [4.69, 9.17) is 26.5 Å². The third kappa shape index (κ3) is 6.38. The Bertz CT molecular complexity index is 721. The molecule has 6 nitrogen and oxygen atoms in total. The summed E-state index contributed by atoms with van der Waals surface area (Å²) in [4.78, 5) is 14.7. The number of hydrogen-bond donors (Lipinski definition) is 2. The molecule has 1 atom stereocenters. The summed E-state index contributed by atoms with van der Waals surface area (Å²) >= 11 is 6.15. The van der Waals surface area contributed by atoms with Crippen molar-refractivity contribution in [2.45, 2.75) is 12.6 Å². The maximum atomic E-state index is 12.4. The van der Waals surface area contributed by atoms with Crippen LogP contribution < -0.4 is 11.1 Å². The van der Waals surface area contributed by atoms with Crippen LogP contribution in [0.15, 0.2) is 41.0 Å². The standard InChI is InChI=1S/C18H22ClN3O3.2ClH/c19-15-3-1-2-13(8-15)17(22-4-6-24-7-5-22)11-21-18(23)14-9-16(10-20)25-12-14;;/h1-3,8-9,12,17H,4-7,10-11,20H2,(H,21,23);2*1H. The van der Waals surface area contributed by atoms with Crippen LogP contribution in [0.3, 0.4) is 0 Å². The molecule has 3 rings (SSSR count). The van der Waals surface area contributed by atoms with Gasteiger partial charge in [-0.3, -0.25) is 9.69 Å². The number of furan rings is 1. The highest BCUT2D eigenvalue weighted by Gasteiger charge is 2.24. The molecular weight excluding hydrogens is 413 g/mol. The van der Waals surface area contributed by atoms with Crippen molar-refractivity contribution < 1.29 is 13.9 Å². The molecule has 2 aromatic rings. The van der Waals surface area contributed by atoms with Gasteiger partial charge in [-0.25, -0.2) is 0 Å². The number of nitrogens with zero attached hydrogens (tertiary/aromatic N) is 1. The molecule has 1 unspecified atom stereocenters. The third-order valence-electron chi connectivity index (χ3n) is 4.29. The average Bonchev–Trinajstić information content (AvgIpc) is 3.12. The molecule has 150 valence electrons. The molecule has 0 radical (unpaired) electrons. The maximum absolute atomic E-state index is 12.4. The maximum Gasteiger partial charge on any atom is 0.254 e. The van der Waals surface area contributed by atoms with Gasteiger partial charge in [-0.1, -0.05) is 23.7 Å². The number of nitrogens with one attached hydrogen (secondary N) is 1. The molecule has 1 saturated heterocycles. The highest BCUT2D eigenvalue weighted by atomic mass is 35.5. The Kier molecular flexibility index (Phi) is 10.2. The van der Waals surface area contributed by atoms with Crippen molar-refractivity contribution in [2.75, 3.05) is 32.8 Å². The lowest BCUT2D eigenvalue weighted by Gasteiger charge is -2.35. The van der Waals surface area contributed by atoms with Crippen LogP contribution in [0.2, 0.25) is 5.02 Å². The molecule has 0 aliphatic carbocycles. The predicted octanol–water partition coefficient (Wildman–Crippen LogP) is 3.04. The van der Waals surface area contributed by atoms with E-state index in [1.807, 2.05) is 24.3 Å². The van der Waals surface area contributed by atoms with Crippen LogP contribution in [-0.4, -0.2) is 43.7 Å². The molecule has 2 heterocycles. The van der Waals surface area contributed by atoms with Crippen molar-refractivity contribution in [2.24, 2.45) is 5.73 Å². The molecule has 1 amide bonds. The van der Waals surface area contributed by atoms with E-state index in [0.717, 1.165) is 18.7 Å². The van der Waals surface area contributed by atoms with Gasteiger partial charge in [-0.2, -0.15) is 0 Å². The molecule has 27 heavy (non-hydrogen) atoms. The second kappa shape index (κ2) is 11.5. The van der Waals surface area contributed by atoms with E-state index in [9.17, 15) is 4.79 Å². The molecule has 0 bridgehead atoms. The monoisotopic (exact) mass is 435 g/mol. The van der Waals surface area contributed by atoms with Crippen molar-refractivity contribution >= 4 is 42.3 Å². The van der Waals surface area contributed by atoms with Crippen molar-refractivity contribution in [1.82, 2.24) is 10.2 Å². The minimum atomic E-state index is -0.177. The fourth-order valence-electron chi connectivity index (χ4n) is 2.96. The first-order chi connectivity index (χ1) is 12.2. The first kappa shape index (κ1) is 23.8. The summed E-state index contributed by atoms with van der Waals surface area (Å²) in [5, 5.41) is 3.67. The van der Waals surface area contributed by atoms with Gasteiger partial charge in [-0.15, -0.1) is 24.8 Å². The van der Waals surface area contributed by atoms with Crippen molar-refractivity contribution in [3.05, 3.63) is 58.5 Å². The van der Waals surface area contributed by atoms with Gasteiger partial charge in [0.05, 0.1) is 31.4 Å². The molecule has 3 N–H and O–H groups in total. The molecule has 1 aromatic carbocycles. The molecule has 1 aromatic heterocycles. The minimum Gasteiger partial charge on any atom is -0.467 e. The van der Waals surface area contributed by atoms with Gasteiger partial charge < -0.3 is 20.2 Å². The highest BCUT2D eigenvalue weighted by Crippen LogP contribution is 2.24. The van der Waals surface area contributed by atoms with Gasteiger partial charge >= 0.3 is 0 Å². The van der Waals surface area contributed by atoms with Crippen LogP contribution in [0, 0.1) is 0 Å². The molecule has 0 saturated carbocycles. The minimum absolute atomic E-state index is 0. The zero-order chi connectivity index (χ0) is 17.6. The number of ether oxygens (including phenoxy) is 1. The van der Waals surface area contributed by atoms with E-state index in [0.29, 0.717) is 36.1 Å². The molecule has 1 aliphatic rings. The lowest BCUT2D eigenvalue weighted by atomic mass is 10.0. The smallest absolute Gasteiger partial charge is 0.254 e. The topological polar surface area (TPSA) is 80.7 Å². The van der Waals surface area contributed by atoms with Crippen LogP contribution in [0.5, 0.6) is 0 Å². The van der Waals surface area contributed by atoms with Crippen molar-refractivity contribution in [3.63, 3.8) is 0 Å². The summed E-state index contributed by atoms with van der Waals surface area (Å²) in [6.07, 6.45) is 1.43. The summed E-state index contributed by atoms with van der Waals surface area (Å²) in [6.45, 7) is 3.75. The Morgan fingerprint density at radius 3 is 2.63 bits per heavy atom. The Morgan fingerprint density at radius 2 is 2.00 bits per heavy atom. The van der Waals surface area contributed by atoms with E-state index in [2.05, 4.69) is 10.2 Å². The zero-order valence-corrected chi connectivity index (χ0v) is 17.1. The largest absolute Gasteiger partial charge is 0.467 e. The number of halogens is 3. The Balaban J connectivity index is 0.00000182. The number of nitrogens with two attached hydrogens (primary N) is 1. The van der Waals surface area contributed by atoms with Crippen LogP contribution in [-0.2, 0) is 11.3 Å². The number of carbonyl (C=O) groups excluding carboxylic acids is 1. The van der Waals surface area contributed by atoms with E-state index in [1.165, 1.54) is 6.26 Å². The van der Waals surface area contributed by atoms with E-state index < -0.39 is 0 Å². The lowest BCUT2D eigenvalue weighted by molar-refractivity contribution is 0.0162. The normalized spacial score (nSPS) is 15.3. The Labute approximate surface area is 176 Å². The summed E-state index contributed by atoms with van der Waals surface area (Å²) in [5.41, 5.74) is 7.07. The number of hydrogen-bond acceptors (Lipinski definition) is 5. The second-order valence-electron chi connectivity index (χ2n) is 5.93. The third-order valence-corrected chi connectivity index (χ3v) is 4.53. The highest BCUT2D eigenvalue weighted by molar-refractivity contribution is 6.30. The van der Waals surface area contributed by atoms with E-state index >= 15 is 0 Å². The zero-order valence-electron chi connectivity index (χ0n) is 14.7. The number of benzene rings is 1. The number of carbonyl (C=O) groups is 1. The number of amides is 1. The van der Waals surface area contributed by atoms with E-state index in [-0.39, 0.29) is 43.3 Å². The number of rotatable bonds is 6. The molecule has 1 aliphatic heterocycles. The molecular formula is C18H24Cl3N3O3. The van der Waals surface area contributed by atoms with Crippen molar-refractivity contribution in [3.8, 4) is 0 Å². The number of morpholine rings is 1. The van der Waals surface area contributed by atoms with Gasteiger partial charge in [-0.05, 0) is 23.8 Å². The second-order valence-corrected chi connectivity index (χ2v) is 6.37. The predicted molar refractivity (Wildman–Crippen MR) is 110 cm³/mol. The SMILES string of the molecule is Cl.Cl.NCc1cc(C(=O)NCC(c2cccc(Cl)c2)N2CCOCC2)co1.